The van der Waals surface area contributed by atoms with Crippen molar-refractivity contribution in [2.24, 2.45) is 0 Å². The molecule has 1 aliphatic rings. The number of carbonyl (C=O) groups is 1. The third-order valence-electron chi connectivity index (χ3n) is 3.51. The topological polar surface area (TPSA) is 56.8 Å². The van der Waals surface area contributed by atoms with Gasteiger partial charge in [0.15, 0.2) is 11.5 Å². The number of benzene rings is 2. The molecular weight excluding hydrogens is 369 g/mol. The van der Waals surface area contributed by atoms with E-state index in [1.165, 1.54) is 20.3 Å². The highest BCUT2D eigenvalue weighted by molar-refractivity contribution is 9.10. The van der Waals surface area contributed by atoms with Crippen LogP contribution in [0.5, 0.6) is 11.5 Å². The molecule has 0 aromatic heterocycles. The van der Waals surface area contributed by atoms with Gasteiger partial charge in [0.25, 0.3) is 0 Å². The van der Waals surface area contributed by atoms with Gasteiger partial charge in [0, 0.05) is 10.0 Å². The summed E-state index contributed by atoms with van der Waals surface area (Å²) in [7, 11) is 2.93. The fraction of sp³-hybridized carbons (Fsp3) is 0.188. The lowest BCUT2D eigenvalue weighted by Gasteiger charge is -2.15. The fourth-order valence-electron chi connectivity index (χ4n) is 2.46. The summed E-state index contributed by atoms with van der Waals surface area (Å²) in [6.07, 6.45) is -0.798. The largest absolute Gasteiger partial charge is 0.493 e. The number of hydrogen-bond acceptors (Lipinski definition) is 5. The quantitative estimate of drug-likeness (QED) is 0.814. The Bertz CT molecular complexity index is 781. The molecule has 0 radical (unpaired) electrons. The first kappa shape index (κ1) is 15.6. The van der Waals surface area contributed by atoms with Gasteiger partial charge in [-0.15, -0.1) is 0 Å². The first-order chi connectivity index (χ1) is 11.0. The van der Waals surface area contributed by atoms with Crippen LogP contribution in [0.25, 0.3) is 0 Å². The van der Waals surface area contributed by atoms with Crippen LogP contribution in [-0.4, -0.2) is 20.2 Å². The number of rotatable bonds is 4. The van der Waals surface area contributed by atoms with Crippen LogP contribution in [0.3, 0.4) is 0 Å². The molecule has 0 saturated heterocycles. The maximum Gasteiger partial charge on any atom is 0.344 e. The number of fused-ring (bicyclic) bond motifs is 1. The highest BCUT2D eigenvalue weighted by Crippen LogP contribution is 2.42. The number of nitrogens with one attached hydrogen (secondary N) is 1. The third kappa shape index (κ3) is 2.72. The molecule has 1 atom stereocenters. The van der Waals surface area contributed by atoms with Crippen LogP contribution in [-0.2, 0) is 4.74 Å². The second-order valence-electron chi connectivity index (χ2n) is 4.82. The van der Waals surface area contributed by atoms with Crippen molar-refractivity contribution in [2.45, 2.75) is 6.23 Å². The van der Waals surface area contributed by atoms with Crippen LogP contribution in [0.4, 0.5) is 10.1 Å². The van der Waals surface area contributed by atoms with E-state index in [4.69, 9.17) is 14.2 Å². The predicted molar refractivity (Wildman–Crippen MR) is 85.4 cm³/mol. The van der Waals surface area contributed by atoms with E-state index in [9.17, 15) is 9.18 Å². The van der Waals surface area contributed by atoms with Crippen LogP contribution < -0.4 is 14.8 Å². The molecule has 0 amide bonds. The van der Waals surface area contributed by atoms with Crippen molar-refractivity contribution in [3.05, 3.63) is 51.7 Å². The smallest absolute Gasteiger partial charge is 0.344 e. The lowest BCUT2D eigenvalue weighted by atomic mass is 10.1. The molecule has 1 unspecified atom stereocenters. The predicted octanol–water partition coefficient (Wildman–Crippen LogP) is 3.89. The summed E-state index contributed by atoms with van der Waals surface area (Å²) in [5.41, 5.74) is 1.07. The standard InChI is InChI=1S/C16H13BrFNO4/c1-21-12-6-4-9-13(14(12)22-2)16(20)23-15(9)19-11-5-3-8(17)7-10(11)18/h3-7,15,19H,1-2H3. The van der Waals surface area contributed by atoms with Gasteiger partial charge in [-0.05, 0) is 30.3 Å². The normalized spacial score (nSPS) is 15.8. The van der Waals surface area contributed by atoms with Crippen LogP contribution in [0.1, 0.15) is 22.1 Å². The Labute approximate surface area is 140 Å². The number of esters is 1. The average Bonchev–Trinajstić information content (AvgIpc) is 2.85. The Morgan fingerprint density at radius 1 is 1.22 bits per heavy atom. The number of hydrogen-bond donors (Lipinski definition) is 1. The Morgan fingerprint density at radius 3 is 2.65 bits per heavy atom. The summed E-state index contributed by atoms with van der Waals surface area (Å²) in [5, 5.41) is 2.88. The molecule has 0 fully saturated rings. The summed E-state index contributed by atoms with van der Waals surface area (Å²) in [6.45, 7) is 0. The molecular formula is C16H13BrFNO4. The van der Waals surface area contributed by atoms with E-state index < -0.39 is 18.0 Å². The first-order valence-corrected chi connectivity index (χ1v) is 7.52. The molecule has 1 aliphatic heterocycles. The summed E-state index contributed by atoms with van der Waals surface area (Å²) in [5.74, 6) is -0.274. The van der Waals surface area contributed by atoms with Gasteiger partial charge in [-0.25, -0.2) is 9.18 Å². The van der Waals surface area contributed by atoms with Gasteiger partial charge < -0.3 is 19.5 Å². The molecule has 0 bridgehead atoms. The summed E-state index contributed by atoms with van der Waals surface area (Å²) >= 11 is 3.20. The number of cyclic esters (lactones) is 1. The highest BCUT2D eigenvalue weighted by Gasteiger charge is 2.36. The van der Waals surface area contributed by atoms with Crippen LogP contribution >= 0.6 is 15.9 Å². The van der Waals surface area contributed by atoms with Crippen LogP contribution in [0, 0.1) is 5.82 Å². The fourth-order valence-corrected chi connectivity index (χ4v) is 2.79. The Morgan fingerprint density at radius 2 is 2.00 bits per heavy atom. The lowest BCUT2D eigenvalue weighted by molar-refractivity contribution is 0.0434. The number of halogens is 2. The van der Waals surface area contributed by atoms with Gasteiger partial charge in [0.05, 0.1) is 19.9 Å². The Hall–Kier alpha value is -2.28. The van der Waals surface area contributed by atoms with E-state index >= 15 is 0 Å². The van der Waals surface area contributed by atoms with E-state index in [1.54, 1.807) is 24.3 Å². The second-order valence-corrected chi connectivity index (χ2v) is 5.73. The van der Waals surface area contributed by atoms with Gasteiger partial charge in [0.1, 0.15) is 11.4 Å². The van der Waals surface area contributed by atoms with E-state index in [-0.39, 0.29) is 11.3 Å². The highest BCUT2D eigenvalue weighted by atomic mass is 79.9. The zero-order valence-electron chi connectivity index (χ0n) is 12.4. The third-order valence-corrected chi connectivity index (χ3v) is 4.00. The molecule has 2 aromatic rings. The van der Waals surface area contributed by atoms with Gasteiger partial charge >= 0.3 is 5.97 Å². The molecule has 0 spiro atoms. The summed E-state index contributed by atoms with van der Waals surface area (Å²) in [6, 6.07) is 7.95. The van der Waals surface area contributed by atoms with Gasteiger partial charge in [-0.3, -0.25) is 0 Å². The number of ether oxygens (including phenoxy) is 3. The van der Waals surface area contributed by atoms with Gasteiger partial charge in [-0.2, -0.15) is 0 Å². The summed E-state index contributed by atoms with van der Waals surface area (Å²) in [4.78, 5) is 12.2. The Kier molecular flexibility index (Phi) is 4.12. The molecule has 5 nitrogen and oxygen atoms in total. The molecule has 1 N–H and O–H groups in total. The molecule has 0 saturated carbocycles. The number of methoxy groups -OCH3 is 2. The zero-order chi connectivity index (χ0) is 16.6. The van der Waals surface area contributed by atoms with Gasteiger partial charge in [-0.1, -0.05) is 15.9 Å². The molecule has 23 heavy (non-hydrogen) atoms. The maximum atomic E-state index is 14.0. The van der Waals surface area contributed by atoms with Crippen molar-refractivity contribution in [1.82, 2.24) is 0 Å². The number of anilines is 1. The monoisotopic (exact) mass is 381 g/mol. The van der Waals surface area contributed by atoms with Crippen LogP contribution in [0.15, 0.2) is 34.8 Å². The average molecular weight is 382 g/mol. The first-order valence-electron chi connectivity index (χ1n) is 6.72. The number of carbonyl (C=O) groups excluding carboxylic acids is 1. The zero-order valence-corrected chi connectivity index (χ0v) is 13.9. The molecule has 120 valence electrons. The molecule has 7 heteroatoms. The van der Waals surface area contributed by atoms with Crippen molar-refractivity contribution in [2.75, 3.05) is 19.5 Å². The second kappa shape index (κ2) is 6.08. The van der Waals surface area contributed by atoms with E-state index in [1.807, 2.05) is 0 Å². The van der Waals surface area contributed by atoms with Crippen molar-refractivity contribution in [3.63, 3.8) is 0 Å². The maximum absolute atomic E-state index is 14.0. The SMILES string of the molecule is COc1ccc2c(c1OC)C(=O)OC2Nc1ccc(Br)cc1F. The van der Waals surface area contributed by atoms with Crippen molar-refractivity contribution in [3.8, 4) is 11.5 Å². The van der Waals surface area contributed by atoms with Gasteiger partial charge in [0.2, 0.25) is 6.23 Å². The summed E-state index contributed by atoms with van der Waals surface area (Å²) < 4.78 is 30.3. The molecule has 2 aromatic carbocycles. The van der Waals surface area contributed by atoms with Crippen molar-refractivity contribution in [1.29, 1.82) is 0 Å². The minimum Gasteiger partial charge on any atom is -0.493 e. The lowest BCUT2D eigenvalue weighted by Crippen LogP contribution is -2.11. The van der Waals surface area contributed by atoms with Crippen molar-refractivity contribution >= 4 is 27.6 Å². The van der Waals surface area contributed by atoms with E-state index in [0.29, 0.717) is 21.5 Å². The molecule has 1 heterocycles. The minimum atomic E-state index is -0.798. The van der Waals surface area contributed by atoms with E-state index in [0.717, 1.165) is 0 Å². The Balaban J connectivity index is 1.99. The van der Waals surface area contributed by atoms with Crippen molar-refractivity contribution < 1.29 is 23.4 Å². The minimum absolute atomic E-state index is 0.230. The molecule has 0 aliphatic carbocycles. The molecule has 3 rings (SSSR count). The van der Waals surface area contributed by atoms with Crippen LogP contribution in [0.2, 0.25) is 0 Å². The van der Waals surface area contributed by atoms with E-state index in [2.05, 4.69) is 21.2 Å².